The summed E-state index contributed by atoms with van der Waals surface area (Å²) in [7, 11) is 1.64. The lowest BCUT2D eigenvalue weighted by Crippen LogP contribution is -2.41. The molecule has 142 valence electrons. The number of benzene rings is 1. The molecular weight excluding hydrogens is 316 g/mol. The van der Waals surface area contributed by atoms with E-state index in [0.717, 1.165) is 11.3 Å². The summed E-state index contributed by atoms with van der Waals surface area (Å²) in [6.45, 7) is 12.1. The van der Waals surface area contributed by atoms with Gasteiger partial charge in [-0.1, -0.05) is 53.7 Å². The van der Waals surface area contributed by atoms with E-state index in [2.05, 4.69) is 13.8 Å². The van der Waals surface area contributed by atoms with Gasteiger partial charge < -0.3 is 14.6 Å². The molecule has 0 aromatic heterocycles. The number of methoxy groups -OCH3 is 1. The zero-order chi connectivity index (χ0) is 19.1. The molecule has 25 heavy (non-hydrogen) atoms. The number of aliphatic hydroxyl groups is 1. The van der Waals surface area contributed by atoms with E-state index >= 15 is 0 Å². The first-order valence-corrected chi connectivity index (χ1v) is 9.15. The van der Waals surface area contributed by atoms with Gasteiger partial charge in [-0.2, -0.15) is 0 Å². The molecule has 0 amide bonds. The maximum atomic E-state index is 12.2. The number of ether oxygens (including phenoxy) is 2. The lowest BCUT2D eigenvalue weighted by molar-refractivity contribution is -0.133. The highest BCUT2D eigenvalue weighted by atomic mass is 16.5. The van der Waals surface area contributed by atoms with Crippen molar-refractivity contribution in [3.8, 4) is 5.75 Å². The number of Topliss-reactive ketones (excluding diaryl/α,β-unsaturated/α-hetero) is 1. The van der Waals surface area contributed by atoms with Crippen LogP contribution in [0.3, 0.4) is 0 Å². The van der Waals surface area contributed by atoms with Crippen LogP contribution in [0.2, 0.25) is 0 Å². The van der Waals surface area contributed by atoms with Crippen molar-refractivity contribution in [1.82, 2.24) is 0 Å². The number of hydrogen-bond acceptors (Lipinski definition) is 4. The second-order valence-corrected chi connectivity index (χ2v) is 7.56. The van der Waals surface area contributed by atoms with Gasteiger partial charge in [0.15, 0.2) is 0 Å². The van der Waals surface area contributed by atoms with Crippen LogP contribution in [0.5, 0.6) is 5.75 Å². The maximum absolute atomic E-state index is 12.2. The third kappa shape index (κ3) is 6.12. The summed E-state index contributed by atoms with van der Waals surface area (Å²) in [5.41, 5.74) is 1.06. The lowest BCUT2D eigenvalue weighted by Gasteiger charge is -2.33. The molecule has 0 radical (unpaired) electrons. The largest absolute Gasteiger partial charge is 0.497 e. The summed E-state index contributed by atoms with van der Waals surface area (Å²) in [5.74, 6) is 0.557. The summed E-state index contributed by atoms with van der Waals surface area (Å²) in [5, 5.41) is 10.7. The minimum atomic E-state index is -0.710. The minimum Gasteiger partial charge on any atom is -0.497 e. The van der Waals surface area contributed by atoms with E-state index in [4.69, 9.17) is 9.47 Å². The molecule has 4 atom stereocenters. The Kier molecular flexibility index (Phi) is 8.60. The summed E-state index contributed by atoms with van der Waals surface area (Å²) < 4.78 is 11.3. The summed E-state index contributed by atoms with van der Waals surface area (Å²) >= 11 is 0. The SMILES string of the molecule is COc1ccc(CO[C@@H](C(C)C)[C@H](C)[C@H](O)[C@@H](C)C(=O)C(C)C)cc1. The molecule has 0 heterocycles. The van der Waals surface area contributed by atoms with Crippen LogP contribution in [-0.4, -0.2) is 30.2 Å². The second-order valence-electron chi connectivity index (χ2n) is 7.56. The molecule has 0 aliphatic carbocycles. The zero-order valence-corrected chi connectivity index (χ0v) is 16.7. The van der Waals surface area contributed by atoms with Gasteiger partial charge in [-0.05, 0) is 23.6 Å². The number of aliphatic hydroxyl groups excluding tert-OH is 1. The van der Waals surface area contributed by atoms with Crippen LogP contribution in [0.15, 0.2) is 24.3 Å². The summed E-state index contributed by atoms with van der Waals surface area (Å²) in [6.07, 6.45) is -0.835. The zero-order valence-electron chi connectivity index (χ0n) is 16.7. The molecule has 0 saturated carbocycles. The third-order valence-electron chi connectivity index (χ3n) is 4.85. The quantitative estimate of drug-likeness (QED) is 0.690. The van der Waals surface area contributed by atoms with E-state index in [1.165, 1.54) is 0 Å². The smallest absolute Gasteiger partial charge is 0.140 e. The van der Waals surface area contributed by atoms with Crippen LogP contribution in [0, 0.1) is 23.7 Å². The first-order chi connectivity index (χ1) is 11.7. The fourth-order valence-electron chi connectivity index (χ4n) is 3.21. The molecule has 4 nitrogen and oxygen atoms in total. The minimum absolute atomic E-state index is 0.0745. The van der Waals surface area contributed by atoms with Crippen LogP contribution in [0.4, 0.5) is 0 Å². The monoisotopic (exact) mass is 350 g/mol. The highest BCUT2D eigenvalue weighted by Crippen LogP contribution is 2.26. The standard InChI is InChI=1S/C21H34O4/c1-13(2)19(22)15(5)20(23)16(6)21(14(3)4)25-12-17-8-10-18(24-7)11-9-17/h8-11,13-16,20-21,23H,12H2,1-7H3/t15-,16+,20+,21-/m0/s1. The molecule has 0 aliphatic heterocycles. The van der Waals surface area contributed by atoms with Gasteiger partial charge in [0.2, 0.25) is 0 Å². The maximum Gasteiger partial charge on any atom is 0.140 e. The Morgan fingerprint density at radius 3 is 2.04 bits per heavy atom. The number of ketones is 1. The molecule has 0 aliphatic rings. The molecule has 0 unspecified atom stereocenters. The molecule has 0 spiro atoms. The van der Waals surface area contributed by atoms with Gasteiger partial charge in [0.25, 0.3) is 0 Å². The number of carbonyl (C=O) groups excluding carboxylic acids is 1. The Hall–Kier alpha value is -1.39. The van der Waals surface area contributed by atoms with E-state index in [-0.39, 0.29) is 35.6 Å². The molecule has 0 saturated heterocycles. The average molecular weight is 350 g/mol. The number of rotatable bonds is 10. The normalized spacial score (nSPS) is 16.6. The van der Waals surface area contributed by atoms with Crippen LogP contribution >= 0.6 is 0 Å². The molecule has 4 heteroatoms. The second kappa shape index (κ2) is 9.93. The van der Waals surface area contributed by atoms with E-state index in [0.29, 0.717) is 6.61 Å². The van der Waals surface area contributed by atoms with Gasteiger partial charge in [-0.15, -0.1) is 0 Å². The van der Waals surface area contributed by atoms with Crippen LogP contribution in [0.1, 0.15) is 47.1 Å². The summed E-state index contributed by atoms with van der Waals surface area (Å²) in [4.78, 5) is 12.2. The van der Waals surface area contributed by atoms with Crippen LogP contribution < -0.4 is 4.74 Å². The van der Waals surface area contributed by atoms with Gasteiger partial charge in [0.1, 0.15) is 11.5 Å². The molecule has 1 rings (SSSR count). The molecule has 1 aromatic carbocycles. The molecule has 1 N–H and O–H groups in total. The van der Waals surface area contributed by atoms with Gasteiger partial charge in [0.05, 0.1) is 25.9 Å². The fraction of sp³-hybridized carbons (Fsp3) is 0.667. The molecule has 0 fully saturated rings. The van der Waals surface area contributed by atoms with Crippen molar-refractivity contribution in [3.63, 3.8) is 0 Å². The van der Waals surface area contributed by atoms with Crippen molar-refractivity contribution in [1.29, 1.82) is 0 Å². The van der Waals surface area contributed by atoms with Gasteiger partial charge in [0, 0.05) is 17.8 Å². The predicted octanol–water partition coefficient (Wildman–Crippen LogP) is 4.09. The van der Waals surface area contributed by atoms with Gasteiger partial charge >= 0.3 is 0 Å². The topological polar surface area (TPSA) is 55.8 Å². The Morgan fingerprint density at radius 2 is 1.60 bits per heavy atom. The highest BCUT2D eigenvalue weighted by Gasteiger charge is 2.34. The third-order valence-corrected chi connectivity index (χ3v) is 4.85. The van der Waals surface area contributed by atoms with E-state index in [1.54, 1.807) is 7.11 Å². The van der Waals surface area contributed by atoms with Crippen molar-refractivity contribution in [2.24, 2.45) is 23.7 Å². The lowest BCUT2D eigenvalue weighted by atomic mass is 9.81. The Bertz CT molecular complexity index is 521. The number of hydrogen-bond donors (Lipinski definition) is 1. The van der Waals surface area contributed by atoms with Crippen LogP contribution in [0.25, 0.3) is 0 Å². The summed E-state index contributed by atoms with van der Waals surface area (Å²) in [6, 6.07) is 7.76. The fourth-order valence-corrected chi connectivity index (χ4v) is 3.21. The molecular formula is C21H34O4. The Balaban J connectivity index is 2.75. The van der Waals surface area contributed by atoms with Gasteiger partial charge in [-0.25, -0.2) is 0 Å². The first-order valence-electron chi connectivity index (χ1n) is 9.15. The van der Waals surface area contributed by atoms with Crippen molar-refractivity contribution in [3.05, 3.63) is 29.8 Å². The van der Waals surface area contributed by atoms with Gasteiger partial charge in [-0.3, -0.25) is 4.79 Å². The van der Waals surface area contributed by atoms with Crippen molar-refractivity contribution < 1.29 is 19.4 Å². The Labute approximate surface area is 152 Å². The van der Waals surface area contributed by atoms with E-state index in [9.17, 15) is 9.90 Å². The highest BCUT2D eigenvalue weighted by molar-refractivity contribution is 5.83. The molecule has 0 bridgehead atoms. The van der Waals surface area contributed by atoms with Crippen molar-refractivity contribution in [2.45, 2.75) is 60.4 Å². The molecule has 1 aromatic rings. The van der Waals surface area contributed by atoms with Crippen molar-refractivity contribution in [2.75, 3.05) is 7.11 Å². The van der Waals surface area contributed by atoms with E-state index in [1.807, 2.05) is 52.0 Å². The first kappa shape index (κ1) is 21.7. The van der Waals surface area contributed by atoms with Crippen LogP contribution in [-0.2, 0) is 16.1 Å². The predicted molar refractivity (Wildman–Crippen MR) is 101 cm³/mol. The average Bonchev–Trinajstić information content (AvgIpc) is 2.59. The van der Waals surface area contributed by atoms with Crippen molar-refractivity contribution >= 4 is 5.78 Å². The van der Waals surface area contributed by atoms with E-state index < -0.39 is 6.10 Å². The number of carbonyl (C=O) groups is 1. The Morgan fingerprint density at radius 1 is 1.04 bits per heavy atom.